The van der Waals surface area contributed by atoms with Gasteiger partial charge in [0.25, 0.3) is 5.91 Å². The number of aromatic nitrogens is 2. The number of nitrogens with zero attached hydrogens (tertiary/aromatic N) is 4. The largest absolute Gasteiger partial charge is 0.437 e. The molecular weight excluding hydrogens is 440 g/mol. The van der Waals surface area contributed by atoms with Crippen LogP contribution in [-0.4, -0.2) is 65.1 Å². The van der Waals surface area contributed by atoms with E-state index >= 15 is 0 Å². The van der Waals surface area contributed by atoms with E-state index in [1.807, 2.05) is 54.3 Å². The zero-order chi connectivity index (χ0) is 24.0. The van der Waals surface area contributed by atoms with Gasteiger partial charge in [-0.3, -0.25) is 14.7 Å². The normalized spacial score (nSPS) is 18.9. The molecule has 5 rings (SSSR count). The van der Waals surface area contributed by atoms with E-state index in [1.165, 1.54) is 0 Å². The maximum Gasteiger partial charge on any atom is 0.254 e. The molecule has 2 aromatic carbocycles. The predicted octanol–water partition coefficient (Wildman–Crippen LogP) is 4.43. The highest BCUT2D eigenvalue weighted by Gasteiger charge is 2.28. The molecule has 2 aliphatic rings. The number of hydrogen-bond donors (Lipinski definition) is 0. The van der Waals surface area contributed by atoms with Gasteiger partial charge in [-0.25, -0.2) is 4.98 Å². The van der Waals surface area contributed by atoms with Gasteiger partial charge in [-0.2, -0.15) is 0 Å². The molecule has 0 aliphatic carbocycles. The van der Waals surface area contributed by atoms with Crippen molar-refractivity contribution in [3.05, 3.63) is 83.3 Å². The van der Waals surface area contributed by atoms with Gasteiger partial charge >= 0.3 is 0 Å². The first-order valence-electron chi connectivity index (χ1n) is 12.4. The SMILES string of the molecule is Cc1ccccc1Oc1cncc(C2CCCN(C(=O)c3ccccc3CN3CCOCC3)C2)n1. The van der Waals surface area contributed by atoms with Crippen LogP contribution in [0.15, 0.2) is 60.9 Å². The van der Waals surface area contributed by atoms with Crippen LogP contribution in [0.5, 0.6) is 11.6 Å². The molecule has 0 N–H and O–H groups in total. The van der Waals surface area contributed by atoms with Crippen molar-refractivity contribution in [2.24, 2.45) is 0 Å². The summed E-state index contributed by atoms with van der Waals surface area (Å²) in [6, 6.07) is 15.9. The second-order valence-corrected chi connectivity index (χ2v) is 9.29. The van der Waals surface area contributed by atoms with Crippen LogP contribution in [0.2, 0.25) is 0 Å². The average Bonchev–Trinajstić information content (AvgIpc) is 2.91. The second-order valence-electron chi connectivity index (χ2n) is 9.29. The van der Waals surface area contributed by atoms with E-state index in [0.717, 1.165) is 80.4 Å². The molecule has 0 saturated carbocycles. The van der Waals surface area contributed by atoms with E-state index in [0.29, 0.717) is 12.4 Å². The van der Waals surface area contributed by atoms with Crippen molar-refractivity contribution < 1.29 is 14.3 Å². The van der Waals surface area contributed by atoms with Crippen LogP contribution in [0.4, 0.5) is 0 Å². The Bertz CT molecular complexity index is 1160. The van der Waals surface area contributed by atoms with Crippen molar-refractivity contribution in [1.82, 2.24) is 19.8 Å². The maximum absolute atomic E-state index is 13.6. The van der Waals surface area contributed by atoms with Crippen LogP contribution in [0.3, 0.4) is 0 Å². The van der Waals surface area contributed by atoms with Gasteiger partial charge in [0.15, 0.2) is 0 Å². The molecule has 182 valence electrons. The Morgan fingerprint density at radius 1 is 1.06 bits per heavy atom. The van der Waals surface area contributed by atoms with Gasteiger partial charge in [-0.1, -0.05) is 36.4 Å². The Kier molecular flexibility index (Phi) is 7.35. The summed E-state index contributed by atoms with van der Waals surface area (Å²) in [7, 11) is 0. The first-order valence-corrected chi connectivity index (χ1v) is 12.4. The summed E-state index contributed by atoms with van der Waals surface area (Å²) in [5.41, 5.74) is 3.79. The topological polar surface area (TPSA) is 67.8 Å². The van der Waals surface area contributed by atoms with Gasteiger partial charge in [-0.05, 0) is 43.0 Å². The Morgan fingerprint density at radius 2 is 1.86 bits per heavy atom. The number of rotatable bonds is 6. The van der Waals surface area contributed by atoms with Crippen molar-refractivity contribution in [2.75, 3.05) is 39.4 Å². The van der Waals surface area contributed by atoms with Crippen molar-refractivity contribution in [1.29, 1.82) is 0 Å². The predicted molar refractivity (Wildman–Crippen MR) is 134 cm³/mol. The molecule has 2 fully saturated rings. The lowest BCUT2D eigenvalue weighted by atomic mass is 9.94. The molecular formula is C28H32N4O3. The molecule has 7 nitrogen and oxygen atoms in total. The van der Waals surface area contributed by atoms with Crippen LogP contribution in [-0.2, 0) is 11.3 Å². The molecule has 0 radical (unpaired) electrons. The third kappa shape index (κ3) is 5.69. The van der Waals surface area contributed by atoms with Gasteiger partial charge in [-0.15, -0.1) is 0 Å². The van der Waals surface area contributed by atoms with Crippen LogP contribution >= 0.6 is 0 Å². The fourth-order valence-electron chi connectivity index (χ4n) is 4.83. The number of morpholine rings is 1. The summed E-state index contributed by atoms with van der Waals surface area (Å²) in [5.74, 6) is 1.48. The number of benzene rings is 2. The average molecular weight is 473 g/mol. The monoisotopic (exact) mass is 472 g/mol. The van der Waals surface area contributed by atoms with Crippen molar-refractivity contribution in [2.45, 2.75) is 32.2 Å². The van der Waals surface area contributed by atoms with Gasteiger partial charge < -0.3 is 14.4 Å². The van der Waals surface area contributed by atoms with E-state index in [1.54, 1.807) is 12.4 Å². The fourth-order valence-corrected chi connectivity index (χ4v) is 4.83. The van der Waals surface area contributed by atoms with Crippen molar-refractivity contribution in [3.8, 4) is 11.6 Å². The van der Waals surface area contributed by atoms with Gasteiger partial charge in [0.05, 0.1) is 25.1 Å². The molecule has 2 aliphatic heterocycles. The van der Waals surface area contributed by atoms with E-state index in [2.05, 4.69) is 16.0 Å². The van der Waals surface area contributed by atoms with Gasteiger partial charge in [0.1, 0.15) is 5.75 Å². The Labute approximate surface area is 206 Å². The molecule has 35 heavy (non-hydrogen) atoms. The summed E-state index contributed by atoms with van der Waals surface area (Å²) in [4.78, 5) is 27.1. The van der Waals surface area contributed by atoms with Crippen LogP contribution < -0.4 is 4.74 Å². The quantitative estimate of drug-likeness (QED) is 0.529. The highest BCUT2D eigenvalue weighted by Crippen LogP contribution is 2.29. The molecule has 7 heteroatoms. The lowest BCUT2D eigenvalue weighted by Crippen LogP contribution is -2.40. The number of piperidine rings is 1. The Morgan fingerprint density at radius 3 is 2.71 bits per heavy atom. The molecule has 3 heterocycles. The molecule has 1 aromatic heterocycles. The third-order valence-electron chi connectivity index (χ3n) is 6.81. The minimum absolute atomic E-state index is 0.0961. The first kappa shape index (κ1) is 23.5. The van der Waals surface area contributed by atoms with E-state index < -0.39 is 0 Å². The minimum Gasteiger partial charge on any atom is -0.437 e. The van der Waals surface area contributed by atoms with E-state index in [-0.39, 0.29) is 11.8 Å². The van der Waals surface area contributed by atoms with E-state index in [9.17, 15) is 4.79 Å². The highest BCUT2D eigenvalue weighted by atomic mass is 16.5. The Balaban J connectivity index is 1.29. The number of likely N-dealkylation sites (tertiary alicyclic amines) is 1. The lowest BCUT2D eigenvalue weighted by molar-refractivity contribution is 0.0339. The number of ether oxygens (including phenoxy) is 2. The van der Waals surface area contributed by atoms with E-state index in [4.69, 9.17) is 14.5 Å². The Hall–Kier alpha value is -3.29. The number of carbonyl (C=O) groups is 1. The van der Waals surface area contributed by atoms with Crippen LogP contribution in [0.1, 0.15) is 45.9 Å². The summed E-state index contributed by atoms with van der Waals surface area (Å²) in [6.45, 7) is 7.46. The molecule has 1 amide bonds. The number of aryl methyl sites for hydroxylation is 1. The molecule has 1 atom stereocenters. The van der Waals surface area contributed by atoms with Crippen molar-refractivity contribution >= 4 is 5.91 Å². The van der Waals surface area contributed by atoms with Crippen molar-refractivity contribution in [3.63, 3.8) is 0 Å². The summed E-state index contributed by atoms with van der Waals surface area (Å²) in [6.07, 6.45) is 5.35. The third-order valence-corrected chi connectivity index (χ3v) is 6.81. The molecule has 0 bridgehead atoms. The maximum atomic E-state index is 13.6. The standard InChI is InChI=1S/C28H32N4O3/c1-21-7-2-5-11-26(21)35-27-18-29-17-25(30-27)23-9-6-12-32(20-23)28(33)24-10-4-3-8-22(24)19-31-13-15-34-16-14-31/h2-5,7-8,10-11,17-18,23H,6,9,12-16,19-20H2,1H3. The smallest absolute Gasteiger partial charge is 0.254 e. The van der Waals surface area contributed by atoms with Gasteiger partial charge in [0.2, 0.25) is 5.88 Å². The first-order chi connectivity index (χ1) is 17.2. The molecule has 3 aromatic rings. The number of hydrogen-bond acceptors (Lipinski definition) is 6. The van der Waals surface area contributed by atoms with Crippen LogP contribution in [0.25, 0.3) is 0 Å². The molecule has 2 saturated heterocycles. The summed E-state index contributed by atoms with van der Waals surface area (Å²) < 4.78 is 11.5. The summed E-state index contributed by atoms with van der Waals surface area (Å²) in [5, 5.41) is 0. The second kappa shape index (κ2) is 11.0. The summed E-state index contributed by atoms with van der Waals surface area (Å²) >= 11 is 0. The zero-order valence-electron chi connectivity index (χ0n) is 20.2. The number of amides is 1. The van der Waals surface area contributed by atoms with Gasteiger partial charge in [0, 0.05) is 50.4 Å². The molecule has 0 spiro atoms. The highest BCUT2D eigenvalue weighted by molar-refractivity contribution is 5.95. The van der Waals surface area contributed by atoms with Crippen LogP contribution in [0, 0.1) is 6.92 Å². The fraction of sp³-hybridized carbons (Fsp3) is 0.393. The number of para-hydroxylation sites is 1. The lowest BCUT2D eigenvalue weighted by Gasteiger charge is -2.33. The molecule has 1 unspecified atom stereocenters. The minimum atomic E-state index is 0.0961. The number of carbonyl (C=O) groups excluding carboxylic acids is 1. The zero-order valence-corrected chi connectivity index (χ0v) is 20.2.